The van der Waals surface area contributed by atoms with E-state index in [1.807, 2.05) is 35.9 Å². The number of para-hydroxylation sites is 2. The van der Waals surface area contributed by atoms with Crippen LogP contribution in [0.2, 0.25) is 0 Å². The van der Waals surface area contributed by atoms with E-state index in [4.69, 9.17) is 0 Å². The molecule has 0 bridgehead atoms. The van der Waals surface area contributed by atoms with Gasteiger partial charge in [0.25, 0.3) is 11.6 Å². The van der Waals surface area contributed by atoms with E-state index >= 15 is 0 Å². The lowest BCUT2D eigenvalue weighted by molar-refractivity contribution is -0.385. The van der Waals surface area contributed by atoms with Crippen LogP contribution in [0.5, 0.6) is 0 Å². The van der Waals surface area contributed by atoms with E-state index in [2.05, 4.69) is 15.6 Å². The number of aryl methyl sites for hydroxylation is 2. The zero-order valence-electron chi connectivity index (χ0n) is 15.4. The van der Waals surface area contributed by atoms with E-state index in [0.717, 1.165) is 11.0 Å². The van der Waals surface area contributed by atoms with Gasteiger partial charge in [-0.25, -0.2) is 4.98 Å². The first-order valence-corrected chi connectivity index (χ1v) is 8.57. The van der Waals surface area contributed by atoms with Crippen molar-refractivity contribution in [2.45, 2.75) is 13.5 Å². The molecule has 0 saturated heterocycles. The molecule has 3 rings (SSSR count). The number of nitrogens with zero attached hydrogens (tertiary/aromatic N) is 3. The Morgan fingerprint density at radius 1 is 1.18 bits per heavy atom. The van der Waals surface area contributed by atoms with Gasteiger partial charge in [0.05, 0.1) is 29.0 Å². The summed E-state index contributed by atoms with van der Waals surface area (Å²) >= 11 is 0. The minimum Gasteiger partial charge on any atom is -0.347 e. The Labute approximate surface area is 160 Å². The molecule has 144 valence electrons. The largest absolute Gasteiger partial charge is 0.347 e. The third-order valence-electron chi connectivity index (χ3n) is 4.40. The summed E-state index contributed by atoms with van der Waals surface area (Å²) in [5, 5.41) is 16.1. The van der Waals surface area contributed by atoms with Gasteiger partial charge in [0.1, 0.15) is 5.82 Å². The highest BCUT2D eigenvalue weighted by Gasteiger charge is 2.16. The number of hydrogen-bond acceptors (Lipinski definition) is 5. The average Bonchev–Trinajstić information content (AvgIpc) is 3.00. The molecule has 0 aliphatic rings. The van der Waals surface area contributed by atoms with E-state index in [-0.39, 0.29) is 30.2 Å². The molecular weight excluding hydrogens is 362 g/mol. The lowest BCUT2D eigenvalue weighted by Gasteiger charge is -2.08. The van der Waals surface area contributed by atoms with Crippen LogP contribution in [0.4, 0.5) is 5.69 Å². The molecule has 1 aromatic heterocycles. The highest BCUT2D eigenvalue weighted by atomic mass is 16.6. The van der Waals surface area contributed by atoms with Gasteiger partial charge in [0.2, 0.25) is 5.91 Å². The molecule has 0 spiro atoms. The minimum atomic E-state index is -0.555. The Bertz CT molecular complexity index is 1070. The summed E-state index contributed by atoms with van der Waals surface area (Å²) in [7, 11) is 1.86. The third-order valence-corrected chi connectivity index (χ3v) is 4.40. The number of nitrogens with one attached hydrogen (secondary N) is 2. The Balaban J connectivity index is 1.56. The number of benzene rings is 2. The van der Waals surface area contributed by atoms with Crippen LogP contribution in [-0.4, -0.2) is 32.8 Å². The fraction of sp³-hybridized carbons (Fsp3) is 0.211. The number of amides is 2. The minimum absolute atomic E-state index is 0.125. The second-order valence-electron chi connectivity index (χ2n) is 6.29. The molecule has 0 radical (unpaired) electrons. The van der Waals surface area contributed by atoms with Crippen LogP contribution >= 0.6 is 0 Å². The summed E-state index contributed by atoms with van der Waals surface area (Å²) in [5.41, 5.74) is 2.24. The number of carbonyl (C=O) groups is 2. The van der Waals surface area contributed by atoms with Gasteiger partial charge in [-0.05, 0) is 25.1 Å². The molecule has 0 aliphatic carbocycles. The van der Waals surface area contributed by atoms with Crippen molar-refractivity contribution in [1.29, 1.82) is 0 Å². The van der Waals surface area contributed by atoms with Gasteiger partial charge < -0.3 is 15.2 Å². The molecule has 1 heterocycles. The lowest BCUT2D eigenvalue weighted by Crippen LogP contribution is -2.37. The summed E-state index contributed by atoms with van der Waals surface area (Å²) in [6.07, 6.45) is 0. The van der Waals surface area contributed by atoms with E-state index in [9.17, 15) is 19.7 Å². The zero-order chi connectivity index (χ0) is 20.3. The standard InChI is InChI=1S/C19H19N5O4/c1-12-7-8-13(9-16(12)24(27)28)19(26)21-11-18(25)20-10-17-22-14-5-3-4-6-15(14)23(17)2/h3-9H,10-11H2,1-2H3,(H,20,25)(H,21,26). The summed E-state index contributed by atoms with van der Waals surface area (Å²) in [6.45, 7) is 1.56. The number of fused-ring (bicyclic) bond motifs is 1. The van der Waals surface area contributed by atoms with Gasteiger partial charge in [-0.1, -0.05) is 18.2 Å². The first kappa shape index (κ1) is 19.0. The van der Waals surface area contributed by atoms with Crippen molar-refractivity contribution in [2.24, 2.45) is 7.05 Å². The quantitative estimate of drug-likeness (QED) is 0.499. The highest BCUT2D eigenvalue weighted by Crippen LogP contribution is 2.19. The Kier molecular flexibility index (Phi) is 5.35. The van der Waals surface area contributed by atoms with Crippen LogP contribution in [0, 0.1) is 17.0 Å². The first-order valence-electron chi connectivity index (χ1n) is 8.57. The molecule has 0 atom stereocenters. The SMILES string of the molecule is Cc1ccc(C(=O)NCC(=O)NCc2nc3ccccc3n2C)cc1[N+](=O)[O-]. The Morgan fingerprint density at radius 3 is 2.64 bits per heavy atom. The van der Waals surface area contributed by atoms with Gasteiger partial charge in [0.15, 0.2) is 0 Å². The fourth-order valence-electron chi connectivity index (χ4n) is 2.80. The topological polar surface area (TPSA) is 119 Å². The van der Waals surface area contributed by atoms with E-state index in [1.165, 1.54) is 18.2 Å². The fourth-order valence-corrected chi connectivity index (χ4v) is 2.80. The van der Waals surface area contributed by atoms with Crippen LogP contribution in [0.25, 0.3) is 11.0 Å². The number of rotatable bonds is 6. The normalized spacial score (nSPS) is 10.6. The zero-order valence-corrected chi connectivity index (χ0v) is 15.4. The molecule has 2 amide bonds. The van der Waals surface area contributed by atoms with Crippen molar-refractivity contribution in [3.8, 4) is 0 Å². The summed E-state index contributed by atoms with van der Waals surface area (Å²) in [4.78, 5) is 39.1. The van der Waals surface area contributed by atoms with E-state index in [1.54, 1.807) is 6.92 Å². The predicted octanol–water partition coefficient (Wildman–Crippen LogP) is 1.84. The lowest BCUT2D eigenvalue weighted by atomic mass is 10.1. The molecule has 28 heavy (non-hydrogen) atoms. The maximum Gasteiger partial charge on any atom is 0.273 e. The molecule has 3 aromatic rings. The molecule has 0 aliphatic heterocycles. The maximum atomic E-state index is 12.2. The molecule has 2 aromatic carbocycles. The molecule has 0 unspecified atom stereocenters. The number of nitro groups is 1. The monoisotopic (exact) mass is 381 g/mol. The molecule has 0 fully saturated rings. The predicted molar refractivity (Wildman–Crippen MR) is 103 cm³/mol. The Hall–Kier alpha value is -3.75. The first-order chi connectivity index (χ1) is 13.4. The van der Waals surface area contributed by atoms with E-state index in [0.29, 0.717) is 11.4 Å². The molecule has 9 nitrogen and oxygen atoms in total. The van der Waals surface area contributed by atoms with Gasteiger partial charge in [-0.15, -0.1) is 0 Å². The van der Waals surface area contributed by atoms with Crippen LogP contribution in [0.1, 0.15) is 21.7 Å². The average molecular weight is 381 g/mol. The van der Waals surface area contributed by atoms with Gasteiger partial charge >= 0.3 is 0 Å². The molecule has 2 N–H and O–H groups in total. The molecule has 9 heteroatoms. The number of aromatic nitrogens is 2. The number of hydrogen-bond donors (Lipinski definition) is 2. The van der Waals surface area contributed by atoms with Crippen LogP contribution in [0.15, 0.2) is 42.5 Å². The second-order valence-corrected chi connectivity index (χ2v) is 6.29. The van der Waals surface area contributed by atoms with Gasteiger partial charge in [-0.2, -0.15) is 0 Å². The van der Waals surface area contributed by atoms with Crippen molar-refractivity contribution in [3.05, 3.63) is 69.5 Å². The van der Waals surface area contributed by atoms with E-state index < -0.39 is 10.8 Å². The number of imidazole rings is 1. The number of nitro benzene ring substituents is 1. The summed E-state index contributed by atoms with van der Waals surface area (Å²) in [6, 6.07) is 11.8. The summed E-state index contributed by atoms with van der Waals surface area (Å²) < 4.78 is 1.89. The maximum absolute atomic E-state index is 12.2. The highest BCUT2D eigenvalue weighted by molar-refractivity contribution is 5.97. The van der Waals surface area contributed by atoms with Crippen molar-refractivity contribution < 1.29 is 14.5 Å². The van der Waals surface area contributed by atoms with Crippen molar-refractivity contribution in [3.63, 3.8) is 0 Å². The van der Waals surface area contributed by atoms with Crippen molar-refractivity contribution in [1.82, 2.24) is 20.2 Å². The van der Waals surface area contributed by atoms with Crippen molar-refractivity contribution >= 4 is 28.5 Å². The van der Waals surface area contributed by atoms with Gasteiger partial charge in [0, 0.05) is 24.2 Å². The van der Waals surface area contributed by atoms with Gasteiger partial charge in [-0.3, -0.25) is 19.7 Å². The smallest absolute Gasteiger partial charge is 0.273 e. The number of carbonyl (C=O) groups excluding carboxylic acids is 2. The third kappa shape index (κ3) is 3.98. The Morgan fingerprint density at radius 2 is 1.93 bits per heavy atom. The van der Waals surface area contributed by atoms with Crippen LogP contribution < -0.4 is 10.6 Å². The summed E-state index contributed by atoms with van der Waals surface area (Å²) in [5.74, 6) is -0.252. The van der Waals surface area contributed by atoms with Crippen LogP contribution in [0.3, 0.4) is 0 Å². The van der Waals surface area contributed by atoms with Crippen molar-refractivity contribution in [2.75, 3.05) is 6.54 Å². The van der Waals surface area contributed by atoms with Crippen LogP contribution in [-0.2, 0) is 18.4 Å². The second kappa shape index (κ2) is 7.87. The molecular formula is C19H19N5O4. The molecule has 0 saturated carbocycles.